The molecule has 0 atom stereocenters. The summed E-state index contributed by atoms with van der Waals surface area (Å²) in [5, 5.41) is 0. The molecule has 0 N–H and O–H groups in total. The Balaban J connectivity index is 0. The topological polar surface area (TPSA) is 0 Å². The van der Waals surface area contributed by atoms with Crippen LogP contribution in [0.4, 0.5) is 0 Å². The Labute approximate surface area is 101 Å². The molecule has 0 amide bonds. The third-order valence-corrected chi connectivity index (χ3v) is 0. The molecule has 0 aromatic carbocycles. The molecule has 0 aromatic rings. The van der Waals surface area contributed by atoms with Crippen molar-refractivity contribution in [2.75, 3.05) is 0 Å². The number of hydrogen-bond donors (Lipinski definition) is 0. The van der Waals surface area contributed by atoms with Crippen molar-refractivity contribution in [3.05, 3.63) is 0 Å². The van der Waals surface area contributed by atoms with Crippen molar-refractivity contribution in [3.8, 4) is 0 Å². The average Bonchev–Trinajstić information content (AvgIpc) is 0. The van der Waals surface area contributed by atoms with Gasteiger partial charge < -0.3 is 0 Å². The molecule has 0 aliphatic heterocycles. The summed E-state index contributed by atoms with van der Waals surface area (Å²) < 4.78 is 0. The van der Waals surface area contributed by atoms with Gasteiger partial charge in [-0.1, -0.05) is 0 Å². The molecule has 4 heteroatoms. The zero-order valence-corrected chi connectivity index (χ0v) is 15.5. The quantitative estimate of drug-likeness (QED) is 0.413. The molecule has 0 unspecified atom stereocenters. The second-order valence-electron chi connectivity index (χ2n) is 0. The van der Waals surface area contributed by atoms with E-state index in [1.165, 1.54) is 0 Å². The molecule has 0 saturated carbocycles. The van der Waals surface area contributed by atoms with Crippen molar-refractivity contribution in [2.24, 2.45) is 0 Å². The first kappa shape index (κ1) is 25.9. The minimum absolute atomic E-state index is 0. The van der Waals surface area contributed by atoms with Crippen LogP contribution in [0.15, 0.2) is 0 Å². The predicted molar refractivity (Wildman–Crippen MR) is 23.0 cm³/mol. The number of rotatable bonds is 0. The zero-order valence-electron chi connectivity index (χ0n) is 2.31. The summed E-state index contributed by atoms with van der Waals surface area (Å²) in [6.07, 6.45) is 0. The van der Waals surface area contributed by atoms with Gasteiger partial charge in [-0.3, -0.25) is 0 Å². The average molecular weight is 459 g/mol. The van der Waals surface area contributed by atoms with Gasteiger partial charge in [0.05, 0.1) is 0 Å². The summed E-state index contributed by atoms with van der Waals surface area (Å²) in [5.74, 6) is 0. The Kier molecular flexibility index (Phi) is 104. The normalized spacial score (nSPS) is 0. The van der Waals surface area contributed by atoms with Gasteiger partial charge in [-0.05, 0) is 0 Å². The molecule has 12 valence electrons. The summed E-state index contributed by atoms with van der Waals surface area (Å²) in [6.45, 7) is 0. The van der Waals surface area contributed by atoms with E-state index in [-0.39, 0.29) is 103 Å². The summed E-state index contributed by atoms with van der Waals surface area (Å²) >= 11 is 0. The van der Waals surface area contributed by atoms with E-state index < -0.39 is 0 Å². The largest absolute Gasteiger partial charge is 0 e. The molecule has 0 aliphatic rings. The van der Waals surface area contributed by atoms with Crippen LogP contribution in [-0.4, -0.2) is 103 Å². The first-order valence-electron chi connectivity index (χ1n) is 0. The molecular weight excluding hydrogens is 459 g/mol. The molecular formula is In4. The van der Waals surface area contributed by atoms with Gasteiger partial charge in [0, 0.05) is 103 Å². The summed E-state index contributed by atoms with van der Waals surface area (Å²) in [6, 6.07) is 0. The van der Waals surface area contributed by atoms with Crippen LogP contribution in [-0.2, 0) is 0 Å². The Bertz CT molecular complexity index is 0. The Morgan fingerprint density at radius 3 is 0.250 bits per heavy atom. The van der Waals surface area contributed by atoms with Gasteiger partial charge in [0.15, 0.2) is 0 Å². The molecule has 4 heavy (non-hydrogen) atoms. The summed E-state index contributed by atoms with van der Waals surface area (Å²) in [7, 11) is 0. The molecule has 0 spiro atoms. The Morgan fingerprint density at radius 2 is 0.250 bits per heavy atom. The van der Waals surface area contributed by atoms with E-state index in [0.29, 0.717) is 0 Å². The fourth-order valence-electron chi connectivity index (χ4n) is 0. The van der Waals surface area contributed by atoms with Crippen molar-refractivity contribution < 1.29 is 0 Å². The van der Waals surface area contributed by atoms with Crippen molar-refractivity contribution in [2.45, 2.75) is 0 Å². The molecule has 0 aromatic heterocycles. The Morgan fingerprint density at radius 1 is 0.250 bits per heavy atom. The second-order valence-corrected chi connectivity index (χ2v) is 0. The maximum Gasteiger partial charge on any atom is 0 e. The molecule has 12 radical (unpaired) electrons. The van der Waals surface area contributed by atoms with Gasteiger partial charge in [-0.2, -0.15) is 0 Å². The van der Waals surface area contributed by atoms with E-state index in [1.807, 2.05) is 0 Å². The van der Waals surface area contributed by atoms with Crippen LogP contribution in [0.5, 0.6) is 0 Å². The molecule has 0 saturated heterocycles. The standard InChI is InChI=1S/4In. The smallest absolute Gasteiger partial charge is 0 e. The van der Waals surface area contributed by atoms with Crippen molar-refractivity contribution in [3.63, 3.8) is 0 Å². The number of hydrogen-bond acceptors (Lipinski definition) is 0. The van der Waals surface area contributed by atoms with E-state index in [2.05, 4.69) is 0 Å². The molecule has 0 aliphatic carbocycles. The van der Waals surface area contributed by atoms with Gasteiger partial charge in [0.25, 0.3) is 0 Å². The molecule has 0 fully saturated rings. The van der Waals surface area contributed by atoms with Crippen LogP contribution in [0.2, 0.25) is 0 Å². The minimum atomic E-state index is 0. The van der Waals surface area contributed by atoms with Crippen LogP contribution in [0.3, 0.4) is 0 Å². The molecule has 0 nitrogen and oxygen atoms in total. The first-order valence-corrected chi connectivity index (χ1v) is 0. The van der Waals surface area contributed by atoms with E-state index in [4.69, 9.17) is 0 Å². The molecule has 0 heterocycles. The van der Waals surface area contributed by atoms with E-state index in [9.17, 15) is 0 Å². The van der Waals surface area contributed by atoms with E-state index in [1.54, 1.807) is 0 Å². The van der Waals surface area contributed by atoms with Gasteiger partial charge in [0.1, 0.15) is 0 Å². The van der Waals surface area contributed by atoms with Crippen LogP contribution in [0.25, 0.3) is 0 Å². The summed E-state index contributed by atoms with van der Waals surface area (Å²) in [4.78, 5) is 0. The fourth-order valence-corrected chi connectivity index (χ4v) is 0. The van der Waals surface area contributed by atoms with Crippen molar-refractivity contribution >= 4 is 103 Å². The molecule has 0 bridgehead atoms. The maximum absolute atomic E-state index is 0. The van der Waals surface area contributed by atoms with Crippen LogP contribution < -0.4 is 0 Å². The summed E-state index contributed by atoms with van der Waals surface area (Å²) in [5.41, 5.74) is 0. The third kappa shape index (κ3) is 9.08. The first-order chi connectivity index (χ1) is 0. The van der Waals surface area contributed by atoms with E-state index >= 15 is 0 Å². The second kappa shape index (κ2) is 16.1. The third-order valence-electron chi connectivity index (χ3n) is 0. The van der Waals surface area contributed by atoms with E-state index in [0.717, 1.165) is 0 Å². The SMILES string of the molecule is [In].[In].[In].[In]. The zero-order chi connectivity index (χ0) is 0. The molecule has 0 rings (SSSR count). The van der Waals surface area contributed by atoms with Crippen LogP contribution in [0.1, 0.15) is 0 Å². The van der Waals surface area contributed by atoms with Gasteiger partial charge in [0.2, 0.25) is 0 Å². The van der Waals surface area contributed by atoms with Gasteiger partial charge >= 0.3 is 0 Å². The maximum atomic E-state index is 0. The van der Waals surface area contributed by atoms with Gasteiger partial charge in [-0.25, -0.2) is 0 Å². The van der Waals surface area contributed by atoms with Gasteiger partial charge in [-0.15, -0.1) is 0 Å². The minimum Gasteiger partial charge on any atom is 0 e. The van der Waals surface area contributed by atoms with Crippen molar-refractivity contribution in [1.82, 2.24) is 0 Å². The van der Waals surface area contributed by atoms with Crippen LogP contribution >= 0.6 is 0 Å². The predicted octanol–water partition coefficient (Wildman–Crippen LogP) is -1.52. The fraction of sp³-hybridized carbons (Fsp3) is 0. The van der Waals surface area contributed by atoms with Crippen molar-refractivity contribution in [1.29, 1.82) is 0 Å². The van der Waals surface area contributed by atoms with Crippen LogP contribution in [0, 0.1) is 0 Å². The Hall–Kier alpha value is 3.48. The monoisotopic (exact) mass is 460 g/mol.